The number of benzene rings is 1. The highest BCUT2D eigenvalue weighted by Gasteiger charge is 2.28. The molecule has 2 aliphatic rings. The van der Waals surface area contributed by atoms with Crippen molar-refractivity contribution in [2.24, 2.45) is 0 Å². The van der Waals surface area contributed by atoms with Gasteiger partial charge in [-0.2, -0.15) is 0 Å². The van der Waals surface area contributed by atoms with E-state index >= 15 is 0 Å². The normalized spacial score (nSPS) is 23.5. The standard InChI is InChI=1S/C17H26N2/c1-17(18-2)8-10-19(11-9-17)13-14-4-3-5-16(12-14)15-6-7-15/h3-5,12,15,18H,6-11,13H2,1-2H3. The molecule has 2 fully saturated rings. The first-order chi connectivity index (χ1) is 9.18. The first kappa shape index (κ1) is 13.1. The Labute approximate surface area is 117 Å². The summed E-state index contributed by atoms with van der Waals surface area (Å²) in [5.41, 5.74) is 3.42. The second-order valence-corrected chi connectivity index (χ2v) is 6.61. The molecule has 1 aromatic carbocycles. The summed E-state index contributed by atoms with van der Waals surface area (Å²) in [7, 11) is 2.09. The first-order valence-electron chi connectivity index (χ1n) is 7.69. The van der Waals surface area contributed by atoms with Crippen molar-refractivity contribution in [2.45, 2.75) is 50.6 Å². The van der Waals surface area contributed by atoms with Crippen LogP contribution in [0.2, 0.25) is 0 Å². The molecule has 0 aromatic heterocycles. The van der Waals surface area contributed by atoms with Crippen molar-refractivity contribution in [3.8, 4) is 0 Å². The third-order valence-corrected chi connectivity index (χ3v) is 4.97. The molecule has 0 radical (unpaired) electrons. The summed E-state index contributed by atoms with van der Waals surface area (Å²) in [6.45, 7) is 5.90. The number of rotatable bonds is 4. The Bertz CT molecular complexity index is 429. The van der Waals surface area contributed by atoms with Gasteiger partial charge in [0.05, 0.1) is 0 Å². The van der Waals surface area contributed by atoms with Crippen molar-refractivity contribution in [1.82, 2.24) is 10.2 Å². The van der Waals surface area contributed by atoms with Gasteiger partial charge in [0.25, 0.3) is 0 Å². The molecule has 0 bridgehead atoms. The number of piperidine rings is 1. The van der Waals surface area contributed by atoms with Gasteiger partial charge in [-0.3, -0.25) is 4.90 Å². The van der Waals surface area contributed by atoms with Gasteiger partial charge in [-0.25, -0.2) is 0 Å². The third kappa shape index (κ3) is 3.18. The van der Waals surface area contributed by atoms with Crippen molar-refractivity contribution < 1.29 is 0 Å². The van der Waals surface area contributed by atoms with Gasteiger partial charge in [0.15, 0.2) is 0 Å². The van der Waals surface area contributed by atoms with E-state index in [1.165, 1.54) is 44.3 Å². The second kappa shape index (κ2) is 5.26. The number of nitrogens with one attached hydrogen (secondary N) is 1. The van der Waals surface area contributed by atoms with Gasteiger partial charge < -0.3 is 5.32 Å². The molecule has 1 aliphatic carbocycles. The lowest BCUT2D eigenvalue weighted by Crippen LogP contribution is -2.49. The smallest absolute Gasteiger partial charge is 0.0233 e. The summed E-state index contributed by atoms with van der Waals surface area (Å²) in [4.78, 5) is 2.60. The molecule has 1 saturated heterocycles. The zero-order valence-corrected chi connectivity index (χ0v) is 12.3. The van der Waals surface area contributed by atoms with Crippen LogP contribution in [0.15, 0.2) is 24.3 Å². The number of hydrogen-bond donors (Lipinski definition) is 1. The molecule has 3 rings (SSSR count). The fourth-order valence-electron chi connectivity index (χ4n) is 3.07. The Kier molecular flexibility index (Phi) is 3.64. The Morgan fingerprint density at radius 1 is 1.26 bits per heavy atom. The second-order valence-electron chi connectivity index (χ2n) is 6.61. The van der Waals surface area contributed by atoms with Crippen LogP contribution in [0.5, 0.6) is 0 Å². The zero-order valence-electron chi connectivity index (χ0n) is 12.3. The van der Waals surface area contributed by atoms with Gasteiger partial charge in [-0.15, -0.1) is 0 Å². The molecule has 2 nitrogen and oxygen atoms in total. The monoisotopic (exact) mass is 258 g/mol. The summed E-state index contributed by atoms with van der Waals surface area (Å²) in [6.07, 6.45) is 5.30. The largest absolute Gasteiger partial charge is 0.314 e. The molecule has 1 aliphatic heterocycles. The molecule has 0 atom stereocenters. The van der Waals surface area contributed by atoms with Gasteiger partial charge in [0.2, 0.25) is 0 Å². The number of hydrogen-bond acceptors (Lipinski definition) is 2. The summed E-state index contributed by atoms with van der Waals surface area (Å²) in [6, 6.07) is 9.27. The third-order valence-electron chi connectivity index (χ3n) is 4.97. The maximum absolute atomic E-state index is 3.47. The fourth-order valence-corrected chi connectivity index (χ4v) is 3.07. The van der Waals surface area contributed by atoms with E-state index in [2.05, 4.69) is 48.5 Å². The highest BCUT2D eigenvalue weighted by atomic mass is 15.1. The van der Waals surface area contributed by atoms with Crippen molar-refractivity contribution >= 4 is 0 Å². The minimum absolute atomic E-state index is 0.354. The quantitative estimate of drug-likeness (QED) is 0.892. The Morgan fingerprint density at radius 2 is 2.00 bits per heavy atom. The van der Waals surface area contributed by atoms with Crippen molar-refractivity contribution in [2.75, 3.05) is 20.1 Å². The van der Waals surface area contributed by atoms with E-state index in [4.69, 9.17) is 0 Å². The van der Waals surface area contributed by atoms with Crippen LogP contribution in [-0.4, -0.2) is 30.6 Å². The predicted molar refractivity (Wildman–Crippen MR) is 80.4 cm³/mol. The SMILES string of the molecule is CNC1(C)CCN(Cc2cccc(C3CC3)c2)CC1. The van der Waals surface area contributed by atoms with Crippen LogP contribution >= 0.6 is 0 Å². The van der Waals surface area contributed by atoms with Crippen LogP contribution in [-0.2, 0) is 6.54 Å². The predicted octanol–water partition coefficient (Wildman–Crippen LogP) is 3.14. The van der Waals surface area contributed by atoms with Gasteiger partial charge in [0, 0.05) is 25.2 Å². The zero-order chi connectivity index (χ0) is 13.3. The maximum atomic E-state index is 3.47. The van der Waals surface area contributed by atoms with E-state index in [0.717, 1.165) is 12.5 Å². The van der Waals surface area contributed by atoms with E-state index in [9.17, 15) is 0 Å². The van der Waals surface area contributed by atoms with Crippen LogP contribution in [0, 0.1) is 0 Å². The lowest BCUT2D eigenvalue weighted by molar-refractivity contribution is 0.146. The van der Waals surface area contributed by atoms with Crippen LogP contribution in [0.3, 0.4) is 0 Å². The Morgan fingerprint density at radius 3 is 2.63 bits per heavy atom. The van der Waals surface area contributed by atoms with Gasteiger partial charge in [0.1, 0.15) is 0 Å². The molecule has 1 saturated carbocycles. The molecule has 1 heterocycles. The van der Waals surface area contributed by atoms with E-state index in [0.29, 0.717) is 5.54 Å². The van der Waals surface area contributed by atoms with Crippen LogP contribution in [0.1, 0.15) is 49.7 Å². The molecular formula is C17H26N2. The minimum Gasteiger partial charge on any atom is -0.314 e. The topological polar surface area (TPSA) is 15.3 Å². The maximum Gasteiger partial charge on any atom is 0.0233 e. The van der Waals surface area contributed by atoms with Gasteiger partial charge in [-0.1, -0.05) is 24.3 Å². The highest BCUT2D eigenvalue weighted by molar-refractivity contribution is 5.29. The van der Waals surface area contributed by atoms with E-state index in [1.54, 1.807) is 5.56 Å². The summed E-state index contributed by atoms with van der Waals surface area (Å²) in [5.74, 6) is 0.869. The Balaban J connectivity index is 1.58. The van der Waals surface area contributed by atoms with E-state index in [1.807, 2.05) is 0 Å². The van der Waals surface area contributed by atoms with Crippen LogP contribution in [0.4, 0.5) is 0 Å². The molecule has 0 spiro atoms. The highest BCUT2D eigenvalue weighted by Crippen LogP contribution is 2.40. The number of likely N-dealkylation sites (tertiary alicyclic amines) is 1. The summed E-state index contributed by atoms with van der Waals surface area (Å²) >= 11 is 0. The average molecular weight is 258 g/mol. The molecule has 1 aromatic rings. The molecule has 104 valence electrons. The number of nitrogens with zero attached hydrogens (tertiary/aromatic N) is 1. The Hall–Kier alpha value is -0.860. The van der Waals surface area contributed by atoms with Crippen LogP contribution < -0.4 is 5.32 Å². The van der Waals surface area contributed by atoms with Crippen molar-refractivity contribution in [3.63, 3.8) is 0 Å². The van der Waals surface area contributed by atoms with Crippen LogP contribution in [0.25, 0.3) is 0 Å². The van der Waals surface area contributed by atoms with E-state index in [-0.39, 0.29) is 0 Å². The molecule has 0 unspecified atom stereocenters. The van der Waals surface area contributed by atoms with Gasteiger partial charge in [-0.05, 0) is 56.7 Å². The lowest BCUT2D eigenvalue weighted by Gasteiger charge is -2.39. The minimum atomic E-state index is 0.354. The van der Waals surface area contributed by atoms with Gasteiger partial charge >= 0.3 is 0 Å². The molecule has 2 heteroatoms. The fraction of sp³-hybridized carbons (Fsp3) is 0.647. The first-order valence-corrected chi connectivity index (χ1v) is 7.69. The molecule has 19 heavy (non-hydrogen) atoms. The summed E-state index contributed by atoms with van der Waals surface area (Å²) < 4.78 is 0. The molecule has 1 N–H and O–H groups in total. The average Bonchev–Trinajstić information content (AvgIpc) is 3.27. The summed E-state index contributed by atoms with van der Waals surface area (Å²) in [5, 5.41) is 3.47. The molecule has 0 amide bonds. The van der Waals surface area contributed by atoms with Crippen molar-refractivity contribution in [1.29, 1.82) is 0 Å². The lowest BCUT2D eigenvalue weighted by atomic mass is 9.89. The molecular weight excluding hydrogens is 232 g/mol. The van der Waals surface area contributed by atoms with E-state index < -0.39 is 0 Å². The van der Waals surface area contributed by atoms with Crippen molar-refractivity contribution in [3.05, 3.63) is 35.4 Å².